The van der Waals surface area contributed by atoms with Crippen molar-refractivity contribution in [2.75, 3.05) is 6.61 Å². The summed E-state index contributed by atoms with van der Waals surface area (Å²) in [5.41, 5.74) is 7.16. The Labute approximate surface area is 172 Å². The van der Waals surface area contributed by atoms with E-state index in [1.54, 1.807) is 12.1 Å². The van der Waals surface area contributed by atoms with E-state index in [2.05, 4.69) is 6.92 Å². The molecule has 3 nitrogen and oxygen atoms in total. The molecule has 0 aliphatic rings. The Morgan fingerprint density at radius 1 is 1.18 bits per heavy atom. The first-order valence-electron chi connectivity index (χ1n) is 9.82. The van der Waals surface area contributed by atoms with Crippen molar-refractivity contribution in [3.8, 4) is 5.75 Å². The number of Topliss-reactive ketones (excluding diaryl/α,β-unsaturated/α-hetero) is 1. The number of carbonyl (C=O) groups is 1. The summed E-state index contributed by atoms with van der Waals surface area (Å²) in [6.45, 7) is 2.64. The Kier molecular flexibility index (Phi) is 9.45. The summed E-state index contributed by atoms with van der Waals surface area (Å²) in [6.07, 6.45) is 4.39. The number of ketones is 1. The zero-order valence-corrected chi connectivity index (χ0v) is 17.1. The zero-order valence-electron chi connectivity index (χ0n) is 16.4. The number of hydrogen-bond acceptors (Lipinski definition) is 3. The van der Waals surface area contributed by atoms with Gasteiger partial charge in [-0.15, -0.1) is 0 Å². The van der Waals surface area contributed by atoms with Crippen LogP contribution in [-0.4, -0.2) is 18.4 Å². The maximum Gasteiger partial charge on any atom is 0.134 e. The maximum absolute atomic E-state index is 13.1. The quantitative estimate of drug-likeness (QED) is 0.468. The molecule has 0 aromatic heterocycles. The molecule has 2 rings (SSSR count). The molecule has 0 bridgehead atoms. The topological polar surface area (TPSA) is 52.3 Å². The summed E-state index contributed by atoms with van der Waals surface area (Å²) >= 11 is 5.97. The highest BCUT2D eigenvalue weighted by Crippen LogP contribution is 2.17. The lowest BCUT2D eigenvalue weighted by Crippen LogP contribution is -2.26. The van der Waals surface area contributed by atoms with Gasteiger partial charge in [0.1, 0.15) is 17.3 Å². The lowest BCUT2D eigenvalue weighted by atomic mass is 9.98. The van der Waals surface area contributed by atoms with Gasteiger partial charge in [-0.2, -0.15) is 0 Å². The van der Waals surface area contributed by atoms with Crippen LogP contribution in [0.15, 0.2) is 48.5 Å². The van der Waals surface area contributed by atoms with E-state index in [1.807, 2.05) is 24.3 Å². The van der Waals surface area contributed by atoms with Crippen LogP contribution in [0.5, 0.6) is 5.75 Å². The monoisotopic (exact) mass is 405 g/mol. The van der Waals surface area contributed by atoms with Gasteiger partial charge in [-0.3, -0.25) is 4.79 Å². The van der Waals surface area contributed by atoms with Gasteiger partial charge >= 0.3 is 0 Å². The fourth-order valence-corrected chi connectivity index (χ4v) is 3.34. The predicted octanol–water partition coefficient (Wildman–Crippen LogP) is 5.58. The number of ether oxygens (including phenoxy) is 1. The van der Waals surface area contributed by atoms with Crippen molar-refractivity contribution < 1.29 is 13.9 Å². The number of rotatable bonds is 12. The molecule has 0 unspecified atom stereocenters. The van der Waals surface area contributed by atoms with Crippen LogP contribution in [0.4, 0.5) is 4.39 Å². The number of nitrogens with two attached hydrogens (primary N) is 1. The molecule has 2 N–H and O–H groups in total. The van der Waals surface area contributed by atoms with Gasteiger partial charge in [0.05, 0.1) is 6.61 Å². The van der Waals surface area contributed by atoms with Gasteiger partial charge < -0.3 is 10.5 Å². The molecular formula is C23H29ClFNO2. The van der Waals surface area contributed by atoms with E-state index in [0.29, 0.717) is 42.6 Å². The Morgan fingerprint density at radius 3 is 2.71 bits per heavy atom. The fraction of sp³-hybridized carbons (Fsp3) is 0.435. The number of halogens is 2. The Bertz CT molecular complexity index is 753. The number of carbonyl (C=O) groups excluding carboxylic acids is 1. The van der Waals surface area contributed by atoms with Gasteiger partial charge in [0.25, 0.3) is 0 Å². The van der Waals surface area contributed by atoms with Crippen molar-refractivity contribution in [1.29, 1.82) is 0 Å². The van der Waals surface area contributed by atoms with Gasteiger partial charge in [-0.05, 0) is 55.0 Å². The lowest BCUT2D eigenvalue weighted by molar-refractivity contribution is -0.119. The van der Waals surface area contributed by atoms with Gasteiger partial charge in [0.2, 0.25) is 0 Å². The largest absolute Gasteiger partial charge is 0.493 e. The Balaban J connectivity index is 1.57. The minimum absolute atomic E-state index is 0.176. The average Bonchev–Trinajstić information content (AvgIpc) is 2.63. The molecule has 2 atom stereocenters. The van der Waals surface area contributed by atoms with Crippen LogP contribution in [0.2, 0.25) is 5.02 Å². The second-order valence-electron chi connectivity index (χ2n) is 7.46. The Hall–Kier alpha value is -1.91. The average molecular weight is 406 g/mol. The van der Waals surface area contributed by atoms with Crippen molar-refractivity contribution in [2.45, 2.75) is 51.5 Å². The van der Waals surface area contributed by atoms with Crippen molar-refractivity contribution in [2.24, 2.45) is 11.7 Å². The van der Waals surface area contributed by atoms with Crippen LogP contribution >= 0.6 is 11.6 Å². The van der Waals surface area contributed by atoms with Crippen molar-refractivity contribution >= 4 is 17.4 Å². The first-order chi connectivity index (χ1) is 13.4. The van der Waals surface area contributed by atoms with E-state index >= 15 is 0 Å². The van der Waals surface area contributed by atoms with Crippen molar-refractivity contribution in [3.05, 3.63) is 64.9 Å². The highest BCUT2D eigenvalue weighted by molar-refractivity contribution is 6.30. The zero-order chi connectivity index (χ0) is 20.4. The summed E-state index contributed by atoms with van der Waals surface area (Å²) in [6, 6.07) is 13.6. The van der Waals surface area contributed by atoms with Gasteiger partial charge in [0, 0.05) is 30.0 Å². The molecule has 0 radical (unpaired) electrons. The molecule has 0 heterocycles. The molecule has 0 aliphatic heterocycles. The highest BCUT2D eigenvalue weighted by Gasteiger charge is 2.11. The molecule has 0 fully saturated rings. The third-order valence-electron chi connectivity index (χ3n) is 4.61. The van der Waals surface area contributed by atoms with E-state index in [-0.39, 0.29) is 17.6 Å². The molecule has 28 heavy (non-hydrogen) atoms. The second-order valence-corrected chi connectivity index (χ2v) is 7.89. The van der Waals surface area contributed by atoms with Crippen LogP contribution in [0.3, 0.4) is 0 Å². The van der Waals surface area contributed by atoms with Gasteiger partial charge in [-0.1, -0.05) is 43.1 Å². The third kappa shape index (κ3) is 8.85. The minimum Gasteiger partial charge on any atom is -0.493 e. The third-order valence-corrected chi connectivity index (χ3v) is 4.85. The van der Waals surface area contributed by atoms with Crippen LogP contribution in [0.1, 0.15) is 44.6 Å². The van der Waals surface area contributed by atoms with Crippen LogP contribution in [0, 0.1) is 11.7 Å². The molecule has 2 aromatic carbocycles. The van der Waals surface area contributed by atoms with E-state index in [4.69, 9.17) is 22.1 Å². The van der Waals surface area contributed by atoms with E-state index in [9.17, 15) is 9.18 Å². The summed E-state index contributed by atoms with van der Waals surface area (Å²) in [5.74, 6) is 0.814. The summed E-state index contributed by atoms with van der Waals surface area (Å²) < 4.78 is 18.7. The molecule has 0 saturated carbocycles. The summed E-state index contributed by atoms with van der Waals surface area (Å²) in [4.78, 5) is 12.1. The van der Waals surface area contributed by atoms with Crippen LogP contribution < -0.4 is 10.5 Å². The molecule has 0 spiro atoms. The van der Waals surface area contributed by atoms with Crippen LogP contribution in [0.25, 0.3) is 0 Å². The van der Waals surface area contributed by atoms with Gasteiger partial charge in [0.15, 0.2) is 0 Å². The second kappa shape index (κ2) is 11.8. The SMILES string of the molecule is C[C@@H](CCCCC(=O)C[C@H](N)Cc1cccc(Cl)c1)COc1cccc(F)c1. The smallest absolute Gasteiger partial charge is 0.134 e. The number of unbranched alkanes of at least 4 members (excludes halogenated alkanes) is 1. The summed E-state index contributed by atoms with van der Waals surface area (Å²) in [5, 5.41) is 0.687. The number of hydrogen-bond donors (Lipinski definition) is 1. The van der Waals surface area contributed by atoms with Gasteiger partial charge in [-0.25, -0.2) is 4.39 Å². The molecule has 0 aliphatic carbocycles. The molecule has 2 aromatic rings. The van der Waals surface area contributed by atoms with Crippen LogP contribution in [-0.2, 0) is 11.2 Å². The van der Waals surface area contributed by atoms with E-state index < -0.39 is 0 Å². The Morgan fingerprint density at radius 2 is 1.96 bits per heavy atom. The molecular weight excluding hydrogens is 377 g/mol. The van der Waals surface area contributed by atoms with E-state index in [0.717, 1.165) is 24.8 Å². The normalized spacial score (nSPS) is 13.1. The highest BCUT2D eigenvalue weighted by atomic mass is 35.5. The summed E-state index contributed by atoms with van der Waals surface area (Å²) in [7, 11) is 0. The molecule has 5 heteroatoms. The van der Waals surface area contributed by atoms with Crippen molar-refractivity contribution in [1.82, 2.24) is 0 Å². The predicted molar refractivity (Wildman–Crippen MR) is 112 cm³/mol. The van der Waals surface area contributed by atoms with Crippen molar-refractivity contribution in [3.63, 3.8) is 0 Å². The fourth-order valence-electron chi connectivity index (χ4n) is 3.13. The molecule has 0 saturated heterocycles. The standard InChI is InChI=1S/C23H29ClFNO2/c1-17(16-28-23-11-5-9-20(25)14-23)6-2-3-10-22(27)15-21(26)13-18-7-4-8-19(24)12-18/h4-5,7-9,11-12,14,17,21H,2-3,6,10,13,15-16,26H2,1H3/t17-,21+/m0/s1. The molecule has 0 amide bonds. The minimum atomic E-state index is -0.294. The number of benzene rings is 2. The van der Waals surface area contributed by atoms with E-state index in [1.165, 1.54) is 12.1 Å². The first kappa shape index (κ1) is 22.4. The molecule has 152 valence electrons. The maximum atomic E-state index is 13.1. The lowest BCUT2D eigenvalue weighted by Gasteiger charge is -2.13. The first-order valence-corrected chi connectivity index (χ1v) is 10.2.